The molecule has 0 aliphatic heterocycles. The third kappa shape index (κ3) is 5.44. The number of methoxy groups -OCH3 is 3. The van der Waals surface area contributed by atoms with Crippen LogP contribution in [0.25, 0.3) is 12.2 Å². The molecule has 2 aromatic rings. The molecule has 9 heteroatoms. The summed E-state index contributed by atoms with van der Waals surface area (Å²) in [7, 11) is 6.13. The number of rotatable bonds is 10. The number of amides is 1. The van der Waals surface area contributed by atoms with Crippen molar-refractivity contribution in [3.05, 3.63) is 46.8 Å². The van der Waals surface area contributed by atoms with Crippen LogP contribution >= 0.6 is 0 Å². The monoisotopic (exact) mass is 428 g/mol. The van der Waals surface area contributed by atoms with Crippen molar-refractivity contribution in [3.63, 3.8) is 0 Å². The quantitative estimate of drug-likeness (QED) is 0.393. The molecule has 0 fully saturated rings. The normalized spacial score (nSPS) is 11.8. The van der Waals surface area contributed by atoms with Crippen LogP contribution in [0.2, 0.25) is 0 Å². The number of nitrogens with one attached hydrogen (secondary N) is 3. The summed E-state index contributed by atoms with van der Waals surface area (Å²) in [6.07, 6.45) is 5.24. The molecular formula is C22H28N4O5. The SMILES string of the molecule is CN/C(=C\c1ccc(OC)c(OC)c1OC)C(=O)N/C(C=O)=C\c1nc[nH]c1C(C)C. The largest absolute Gasteiger partial charge is 0.493 e. The molecule has 2 rings (SSSR count). The zero-order valence-corrected chi connectivity index (χ0v) is 18.5. The van der Waals surface area contributed by atoms with Crippen LogP contribution in [0.3, 0.4) is 0 Å². The van der Waals surface area contributed by atoms with Crippen molar-refractivity contribution >= 4 is 24.3 Å². The number of aldehydes is 1. The highest BCUT2D eigenvalue weighted by atomic mass is 16.5. The molecule has 0 atom stereocenters. The van der Waals surface area contributed by atoms with Crippen molar-refractivity contribution in [2.24, 2.45) is 0 Å². The fourth-order valence-corrected chi connectivity index (χ4v) is 2.98. The first-order valence-electron chi connectivity index (χ1n) is 9.59. The van der Waals surface area contributed by atoms with Crippen LogP contribution in [0.1, 0.15) is 36.7 Å². The van der Waals surface area contributed by atoms with Gasteiger partial charge in [0.2, 0.25) is 5.75 Å². The van der Waals surface area contributed by atoms with E-state index >= 15 is 0 Å². The topological polar surface area (TPSA) is 115 Å². The van der Waals surface area contributed by atoms with Crippen molar-refractivity contribution < 1.29 is 23.8 Å². The van der Waals surface area contributed by atoms with Gasteiger partial charge < -0.3 is 29.8 Å². The van der Waals surface area contributed by atoms with Gasteiger partial charge in [0.05, 0.1) is 39.0 Å². The molecule has 0 bridgehead atoms. The second-order valence-electron chi connectivity index (χ2n) is 6.76. The molecule has 0 saturated carbocycles. The van der Waals surface area contributed by atoms with Crippen molar-refractivity contribution in [1.82, 2.24) is 20.6 Å². The Morgan fingerprint density at radius 3 is 2.35 bits per heavy atom. The van der Waals surface area contributed by atoms with Gasteiger partial charge in [0.25, 0.3) is 5.91 Å². The molecule has 0 saturated heterocycles. The highest BCUT2D eigenvalue weighted by Gasteiger charge is 2.17. The summed E-state index contributed by atoms with van der Waals surface area (Å²) in [5.41, 5.74) is 2.34. The number of benzene rings is 1. The highest BCUT2D eigenvalue weighted by Crippen LogP contribution is 2.40. The Balaban J connectivity index is 2.37. The van der Waals surface area contributed by atoms with Crippen LogP contribution in [0, 0.1) is 0 Å². The maximum atomic E-state index is 12.8. The van der Waals surface area contributed by atoms with Gasteiger partial charge in [-0.25, -0.2) is 4.98 Å². The van der Waals surface area contributed by atoms with Gasteiger partial charge in [0.15, 0.2) is 17.8 Å². The predicted molar refractivity (Wildman–Crippen MR) is 118 cm³/mol. The van der Waals surface area contributed by atoms with E-state index in [4.69, 9.17) is 14.2 Å². The van der Waals surface area contributed by atoms with Crippen molar-refractivity contribution in [3.8, 4) is 17.2 Å². The fraction of sp³-hybridized carbons (Fsp3) is 0.318. The molecule has 1 aromatic heterocycles. The smallest absolute Gasteiger partial charge is 0.271 e. The third-order valence-electron chi connectivity index (χ3n) is 4.50. The minimum Gasteiger partial charge on any atom is -0.493 e. The lowest BCUT2D eigenvalue weighted by molar-refractivity contribution is -0.118. The summed E-state index contributed by atoms with van der Waals surface area (Å²) in [5, 5.41) is 5.45. The molecule has 0 radical (unpaired) electrons. The molecule has 1 amide bonds. The number of aromatic amines is 1. The number of nitrogens with zero attached hydrogens (tertiary/aromatic N) is 1. The van der Waals surface area contributed by atoms with E-state index < -0.39 is 5.91 Å². The maximum absolute atomic E-state index is 12.8. The lowest BCUT2D eigenvalue weighted by Gasteiger charge is -2.15. The number of aromatic nitrogens is 2. The van der Waals surface area contributed by atoms with E-state index in [1.54, 1.807) is 31.6 Å². The van der Waals surface area contributed by atoms with Gasteiger partial charge in [0.1, 0.15) is 5.70 Å². The number of carbonyl (C=O) groups is 2. The van der Waals surface area contributed by atoms with Crippen molar-refractivity contribution in [2.75, 3.05) is 28.4 Å². The van der Waals surface area contributed by atoms with Crippen molar-refractivity contribution in [1.29, 1.82) is 0 Å². The third-order valence-corrected chi connectivity index (χ3v) is 4.50. The van der Waals surface area contributed by atoms with E-state index in [0.29, 0.717) is 34.8 Å². The Bertz CT molecular complexity index is 992. The van der Waals surface area contributed by atoms with Gasteiger partial charge in [-0.2, -0.15) is 0 Å². The summed E-state index contributed by atoms with van der Waals surface area (Å²) < 4.78 is 16.1. The summed E-state index contributed by atoms with van der Waals surface area (Å²) >= 11 is 0. The Labute approximate surface area is 181 Å². The molecule has 31 heavy (non-hydrogen) atoms. The Morgan fingerprint density at radius 1 is 1.10 bits per heavy atom. The van der Waals surface area contributed by atoms with Crippen LogP contribution in [0.15, 0.2) is 29.9 Å². The average Bonchev–Trinajstić information content (AvgIpc) is 3.24. The van der Waals surface area contributed by atoms with E-state index in [2.05, 4.69) is 20.6 Å². The lowest BCUT2D eigenvalue weighted by Crippen LogP contribution is -2.30. The Hall–Kier alpha value is -3.75. The first-order valence-corrected chi connectivity index (χ1v) is 9.59. The number of ether oxygens (including phenoxy) is 3. The molecular weight excluding hydrogens is 400 g/mol. The second-order valence-corrected chi connectivity index (χ2v) is 6.76. The second kappa shape index (κ2) is 10.9. The number of hydrogen-bond donors (Lipinski definition) is 3. The number of imidazole rings is 1. The minimum atomic E-state index is -0.501. The van der Waals surface area contributed by atoms with Crippen molar-refractivity contribution in [2.45, 2.75) is 19.8 Å². The summed E-state index contributed by atoms with van der Waals surface area (Å²) in [6, 6.07) is 3.44. The molecule has 0 spiro atoms. The fourth-order valence-electron chi connectivity index (χ4n) is 2.98. The van der Waals surface area contributed by atoms with E-state index in [0.717, 1.165) is 5.69 Å². The molecule has 0 aliphatic carbocycles. The molecule has 9 nitrogen and oxygen atoms in total. The summed E-state index contributed by atoms with van der Waals surface area (Å²) in [4.78, 5) is 31.6. The lowest BCUT2D eigenvalue weighted by atomic mass is 10.1. The standard InChI is InChI=1S/C22H28N4O5/c1-13(2)19-16(24-12-25-19)10-15(11-27)26-22(28)17(23-3)9-14-7-8-18(29-4)21(31-6)20(14)30-5/h7-13,23H,1-6H3,(H,24,25)(H,26,28)/b15-10-,17-9-. The molecule has 0 unspecified atom stereocenters. The van der Waals surface area contributed by atoms with E-state index in [1.165, 1.54) is 27.4 Å². The van der Waals surface area contributed by atoms with Gasteiger partial charge in [-0.05, 0) is 30.2 Å². The molecule has 1 heterocycles. The van der Waals surface area contributed by atoms with Crippen LogP contribution in [0.5, 0.6) is 17.2 Å². The summed E-state index contributed by atoms with van der Waals surface area (Å²) in [6.45, 7) is 4.00. The van der Waals surface area contributed by atoms with Gasteiger partial charge in [-0.3, -0.25) is 9.59 Å². The Morgan fingerprint density at radius 2 is 1.81 bits per heavy atom. The average molecular weight is 428 g/mol. The molecule has 0 aliphatic rings. The van der Waals surface area contributed by atoms with Gasteiger partial charge in [-0.15, -0.1) is 0 Å². The number of allylic oxidation sites excluding steroid dienone is 1. The van der Waals surface area contributed by atoms with E-state index in [1.807, 2.05) is 13.8 Å². The van der Waals surface area contributed by atoms with Crippen LogP contribution in [0.4, 0.5) is 0 Å². The molecule has 3 N–H and O–H groups in total. The predicted octanol–water partition coefficient (Wildman–Crippen LogP) is 2.48. The highest BCUT2D eigenvalue weighted by molar-refractivity contribution is 6.02. The Kier molecular flexibility index (Phi) is 8.25. The van der Waals surface area contributed by atoms with E-state index in [9.17, 15) is 9.59 Å². The molecule has 1 aromatic carbocycles. The zero-order chi connectivity index (χ0) is 23.0. The number of H-pyrrole nitrogens is 1. The van der Waals surface area contributed by atoms with Gasteiger partial charge in [0, 0.05) is 18.3 Å². The van der Waals surface area contributed by atoms with E-state index in [-0.39, 0.29) is 17.3 Å². The van der Waals surface area contributed by atoms with Gasteiger partial charge >= 0.3 is 0 Å². The van der Waals surface area contributed by atoms with Crippen LogP contribution < -0.4 is 24.8 Å². The minimum absolute atomic E-state index is 0.0828. The number of likely N-dealkylation sites (N-methyl/N-ethyl adjacent to an activating group) is 1. The van der Waals surface area contributed by atoms with Gasteiger partial charge in [-0.1, -0.05) is 13.8 Å². The van der Waals surface area contributed by atoms with Crippen LogP contribution in [-0.4, -0.2) is 50.5 Å². The molecule has 166 valence electrons. The van der Waals surface area contributed by atoms with Crippen LogP contribution in [-0.2, 0) is 9.59 Å². The zero-order valence-electron chi connectivity index (χ0n) is 18.5. The number of carbonyl (C=O) groups excluding carboxylic acids is 2. The first kappa shape index (κ1) is 23.5. The summed E-state index contributed by atoms with van der Waals surface area (Å²) in [5.74, 6) is 0.995. The number of hydrogen-bond acceptors (Lipinski definition) is 7. The maximum Gasteiger partial charge on any atom is 0.271 e. The first-order chi connectivity index (χ1) is 14.9.